The quantitative estimate of drug-likeness (QED) is 0.117. The molecule has 0 fully saturated rings. The van der Waals surface area contributed by atoms with Crippen LogP contribution in [0.5, 0.6) is 0 Å². The van der Waals surface area contributed by atoms with E-state index in [1.165, 1.54) is 24.3 Å². The molecule has 2 aliphatic rings. The Morgan fingerprint density at radius 1 is 0.870 bits per heavy atom. The third-order valence-corrected chi connectivity index (χ3v) is 10.3. The van der Waals surface area contributed by atoms with Crippen molar-refractivity contribution < 1.29 is 70.0 Å². The monoisotopic (exact) mass is 678 g/mol. The van der Waals surface area contributed by atoms with Gasteiger partial charge in [0.05, 0.1) is 15.2 Å². The van der Waals surface area contributed by atoms with Crippen molar-refractivity contribution in [1.82, 2.24) is 0 Å². The molecule has 0 aromatic heterocycles. The van der Waals surface area contributed by atoms with Crippen LogP contribution in [0.1, 0.15) is 71.4 Å². The fourth-order valence-corrected chi connectivity index (χ4v) is 7.28. The van der Waals surface area contributed by atoms with Gasteiger partial charge in [0.1, 0.15) is 26.8 Å². The van der Waals surface area contributed by atoms with E-state index >= 15 is 0 Å². The molecule has 0 saturated carbocycles. The van der Waals surface area contributed by atoms with Crippen LogP contribution in [0, 0.1) is 0 Å². The van der Waals surface area contributed by atoms with Gasteiger partial charge in [-0.3, -0.25) is 4.79 Å². The van der Waals surface area contributed by atoms with Crippen molar-refractivity contribution in [2.45, 2.75) is 80.9 Å². The van der Waals surface area contributed by atoms with Crippen LogP contribution in [0.25, 0.3) is 0 Å². The van der Waals surface area contributed by atoms with Crippen molar-refractivity contribution in [3.05, 3.63) is 83.6 Å². The molecule has 242 valence electrons. The number of aliphatic carboxylic acids is 1. The van der Waals surface area contributed by atoms with Crippen molar-refractivity contribution in [2.24, 2.45) is 0 Å². The maximum absolute atomic E-state index is 11.8. The number of fused-ring (bicyclic) bond motifs is 2. The Morgan fingerprint density at radius 3 is 2.07 bits per heavy atom. The molecule has 46 heavy (non-hydrogen) atoms. The van der Waals surface area contributed by atoms with E-state index in [4.69, 9.17) is 5.11 Å². The third-order valence-electron chi connectivity index (χ3n) is 8.62. The Morgan fingerprint density at radius 2 is 1.48 bits per heavy atom. The van der Waals surface area contributed by atoms with Gasteiger partial charge < -0.3 is 19.1 Å². The molecule has 10 nitrogen and oxygen atoms in total. The molecule has 13 heteroatoms. The maximum atomic E-state index is 11.8. The molecule has 2 heterocycles. The van der Waals surface area contributed by atoms with E-state index in [1.54, 1.807) is 12.1 Å². The summed E-state index contributed by atoms with van der Waals surface area (Å²) < 4.78 is 72.5. The first kappa shape index (κ1) is 37.9. The van der Waals surface area contributed by atoms with Crippen LogP contribution in [0.4, 0.5) is 11.4 Å². The zero-order valence-electron chi connectivity index (χ0n) is 27.1. The average molecular weight is 679 g/mol. The summed E-state index contributed by atoms with van der Waals surface area (Å²) in [6, 6.07) is 8.89. The Labute approximate surface area is 294 Å². The van der Waals surface area contributed by atoms with E-state index in [1.807, 2.05) is 65.0 Å². The van der Waals surface area contributed by atoms with Crippen LogP contribution in [0.3, 0.4) is 0 Å². The van der Waals surface area contributed by atoms with Gasteiger partial charge in [-0.1, -0.05) is 32.1 Å². The Bertz CT molecular complexity index is 1860. The molecule has 2 aromatic rings. The predicted octanol–water partition coefficient (Wildman–Crippen LogP) is 2.33. The van der Waals surface area contributed by atoms with Gasteiger partial charge in [0.25, 0.3) is 0 Å². The molecule has 0 amide bonds. The van der Waals surface area contributed by atoms with E-state index in [0.717, 1.165) is 40.3 Å². The van der Waals surface area contributed by atoms with Gasteiger partial charge in [0.2, 0.25) is 5.69 Å². The molecule has 0 spiro atoms. The number of benzene rings is 2. The number of unbranched alkanes of at least 4 members (excludes halogenated alkanes) is 2. The Balaban J connectivity index is 0.00000576. The molecule has 2 aromatic carbocycles. The molecule has 0 atom stereocenters. The second-order valence-corrected chi connectivity index (χ2v) is 15.1. The summed E-state index contributed by atoms with van der Waals surface area (Å²) >= 11 is 0. The first-order chi connectivity index (χ1) is 20.9. The van der Waals surface area contributed by atoms with Crippen molar-refractivity contribution in [2.75, 3.05) is 18.0 Å². The fourth-order valence-electron chi connectivity index (χ4n) is 6.28. The molecule has 2 aliphatic heterocycles. The van der Waals surface area contributed by atoms with Crippen molar-refractivity contribution in [3.8, 4) is 0 Å². The van der Waals surface area contributed by atoms with Gasteiger partial charge in [0.15, 0.2) is 5.71 Å². The maximum Gasteiger partial charge on any atom is 1.00 e. The van der Waals surface area contributed by atoms with Crippen LogP contribution in [-0.4, -0.2) is 60.4 Å². The molecule has 0 aliphatic carbocycles. The third kappa shape index (κ3) is 7.75. The summed E-state index contributed by atoms with van der Waals surface area (Å²) in [5, 5.41) is 8.97. The van der Waals surface area contributed by atoms with Crippen molar-refractivity contribution >= 4 is 43.3 Å². The smallest absolute Gasteiger partial charge is 0.744 e. The summed E-state index contributed by atoms with van der Waals surface area (Å²) in [6.45, 7) is 11.1. The first-order valence-electron chi connectivity index (χ1n) is 14.8. The molecule has 0 bridgehead atoms. The number of hydrogen-bond acceptors (Lipinski definition) is 8. The zero-order valence-corrected chi connectivity index (χ0v) is 30.7. The topological polar surface area (TPSA) is 158 Å². The summed E-state index contributed by atoms with van der Waals surface area (Å²) in [6.07, 6.45) is 11.7. The first-order valence-corrected chi connectivity index (χ1v) is 17.6. The standard InChI is InChI=1S/C33H40N2O8S2.Na/c1-6-34-27-18-16-23(44(38,39)40)21-25(27)32(2,3)29(34)13-9-7-10-14-30-33(4,5)26-22-24(45(41,42)43)17-19-28(26)35(30)20-12-8-11-15-31(36)37;/h7,9-10,13-14,16-19,21-22H,6,8,11-12,15,20H2,1-5H3,(H2-,36,37,38,39,40,41,42,43);/q;+1/p-1. The van der Waals surface area contributed by atoms with Gasteiger partial charge in [0, 0.05) is 53.9 Å². The second-order valence-electron chi connectivity index (χ2n) is 12.3. The van der Waals surface area contributed by atoms with E-state index < -0.39 is 37.0 Å². The molecule has 0 radical (unpaired) electrons. The summed E-state index contributed by atoms with van der Waals surface area (Å²) in [4.78, 5) is 12.5. The van der Waals surface area contributed by atoms with Gasteiger partial charge in [-0.05, 0) is 75.6 Å². The van der Waals surface area contributed by atoms with Crippen LogP contribution in [0.15, 0.2) is 82.3 Å². The van der Waals surface area contributed by atoms with E-state index in [-0.39, 0.29) is 45.8 Å². The van der Waals surface area contributed by atoms with Crippen LogP contribution in [-0.2, 0) is 35.9 Å². The molecule has 1 N–H and O–H groups in total. The number of rotatable bonds is 12. The SMILES string of the molecule is CCN1\C(=C/C=C/C=C/C2=[N+](CCCCCC(=O)O)c3ccc(S(=O)(=O)[O-])cc3C2(C)C)C(C)(C)c2cc(S(=O)(=O)[O-])ccc21.[Na+]. The van der Waals surface area contributed by atoms with Crippen molar-refractivity contribution in [1.29, 1.82) is 0 Å². The van der Waals surface area contributed by atoms with Crippen molar-refractivity contribution in [3.63, 3.8) is 0 Å². The molecular weight excluding hydrogens is 639 g/mol. The van der Waals surface area contributed by atoms with Gasteiger partial charge in [-0.2, -0.15) is 4.58 Å². The van der Waals surface area contributed by atoms with E-state index in [2.05, 4.69) is 9.48 Å². The minimum absolute atomic E-state index is 0. The van der Waals surface area contributed by atoms with Gasteiger partial charge in [-0.15, -0.1) is 0 Å². The normalized spacial score (nSPS) is 18.0. The van der Waals surface area contributed by atoms with E-state index in [9.17, 15) is 30.7 Å². The number of carboxylic acids is 1. The minimum Gasteiger partial charge on any atom is -0.744 e. The fraction of sp³-hybridized carbons (Fsp3) is 0.394. The second kappa shape index (κ2) is 14.3. The van der Waals surface area contributed by atoms with Gasteiger partial charge in [-0.25, -0.2) is 16.8 Å². The Hall–Kier alpha value is -2.58. The molecule has 0 unspecified atom stereocenters. The molecule has 4 rings (SSSR count). The molecule has 0 saturated heterocycles. The van der Waals surface area contributed by atoms with Crippen LogP contribution >= 0.6 is 0 Å². The number of anilines is 1. The average Bonchev–Trinajstić information content (AvgIpc) is 3.29. The van der Waals surface area contributed by atoms with Crippen LogP contribution < -0.4 is 34.5 Å². The number of nitrogens with zero attached hydrogens (tertiary/aromatic N) is 2. The van der Waals surface area contributed by atoms with E-state index in [0.29, 0.717) is 25.9 Å². The number of hydrogen-bond donors (Lipinski definition) is 1. The van der Waals surface area contributed by atoms with Gasteiger partial charge >= 0.3 is 35.5 Å². The number of carbonyl (C=O) groups is 1. The number of allylic oxidation sites excluding steroid dienone is 6. The minimum atomic E-state index is -4.64. The summed E-state index contributed by atoms with van der Waals surface area (Å²) in [5.41, 5.74) is 3.82. The largest absolute Gasteiger partial charge is 1.00 e. The summed E-state index contributed by atoms with van der Waals surface area (Å²) in [7, 11) is -9.23. The number of carboxylic acid groups (broad SMARTS) is 1. The zero-order chi connectivity index (χ0) is 33.4. The predicted molar refractivity (Wildman–Crippen MR) is 170 cm³/mol. The Kier molecular flexibility index (Phi) is 11.7. The summed E-state index contributed by atoms with van der Waals surface area (Å²) in [5.74, 6) is -0.835. The van der Waals surface area contributed by atoms with Crippen LogP contribution in [0.2, 0.25) is 0 Å². The molecular formula is C33H39N2NaO8S2. The number of likely N-dealkylation sites (N-methyl/N-ethyl adjacent to an activating group) is 1.